The van der Waals surface area contributed by atoms with Gasteiger partial charge in [-0.25, -0.2) is 4.52 Å². The topological polar surface area (TPSA) is 137 Å². The molecule has 12 heteroatoms. The Bertz CT molecular complexity index is 1480. The predicted molar refractivity (Wildman–Crippen MR) is 154 cm³/mol. The first kappa shape index (κ1) is 26.5. The van der Waals surface area contributed by atoms with Crippen LogP contribution in [0.3, 0.4) is 0 Å². The largest absolute Gasteiger partial charge is 0.479 e. The number of hydrogen-bond donors (Lipinski definition) is 4. The molecule has 1 aliphatic carbocycles. The van der Waals surface area contributed by atoms with Gasteiger partial charge in [0.05, 0.1) is 45.8 Å². The molecule has 6 rings (SSSR count). The minimum Gasteiger partial charge on any atom is -0.479 e. The van der Waals surface area contributed by atoms with E-state index in [1.165, 1.54) is 55.9 Å². The zero-order valence-electron chi connectivity index (χ0n) is 22.6. The zero-order valence-corrected chi connectivity index (χ0v) is 23.4. The van der Waals surface area contributed by atoms with Crippen molar-refractivity contribution in [3.63, 3.8) is 0 Å². The Kier molecular flexibility index (Phi) is 7.28. The fourth-order valence-corrected chi connectivity index (χ4v) is 6.93. The Hall–Kier alpha value is -3.77. The van der Waals surface area contributed by atoms with Crippen LogP contribution in [0.1, 0.15) is 69.8 Å². The number of nitrogens with zero attached hydrogens (tertiary/aromatic N) is 4. The van der Waals surface area contributed by atoms with Crippen LogP contribution < -0.4 is 16.0 Å². The first-order valence-electron chi connectivity index (χ1n) is 13.9. The molecule has 4 N–H and O–H groups in total. The van der Waals surface area contributed by atoms with Gasteiger partial charge in [0.15, 0.2) is 5.88 Å². The summed E-state index contributed by atoms with van der Waals surface area (Å²) in [5.74, 6) is 0.0183. The number of thiazole rings is 1. The fourth-order valence-electron chi connectivity index (χ4n) is 5.86. The third-order valence-electron chi connectivity index (χ3n) is 8.24. The van der Waals surface area contributed by atoms with Crippen molar-refractivity contribution in [3.8, 4) is 0 Å². The summed E-state index contributed by atoms with van der Waals surface area (Å²) in [6.45, 7) is 5.72. The molecule has 1 spiro atoms. The Labute approximate surface area is 236 Å². The number of carbonyl (C=O) groups excluding carboxylic acids is 2. The number of rotatable bonds is 8. The van der Waals surface area contributed by atoms with Crippen LogP contribution in [0.5, 0.6) is 0 Å². The minimum atomic E-state index is -0.346. The van der Waals surface area contributed by atoms with Crippen molar-refractivity contribution in [3.05, 3.63) is 52.2 Å². The van der Waals surface area contributed by atoms with Gasteiger partial charge in [0.1, 0.15) is 4.83 Å². The van der Waals surface area contributed by atoms with Gasteiger partial charge in [0, 0.05) is 43.8 Å². The highest BCUT2D eigenvalue weighted by molar-refractivity contribution is 7.19. The van der Waals surface area contributed by atoms with Crippen LogP contribution in [-0.2, 0) is 4.74 Å². The summed E-state index contributed by atoms with van der Waals surface area (Å²) >= 11 is 1.36. The average Bonchev–Trinajstić information content (AvgIpc) is 3.65. The van der Waals surface area contributed by atoms with Gasteiger partial charge in [-0.3, -0.25) is 19.5 Å². The average molecular weight is 563 g/mol. The van der Waals surface area contributed by atoms with Crippen molar-refractivity contribution >= 4 is 45.5 Å². The number of aromatic nitrogens is 3. The first-order chi connectivity index (χ1) is 19.5. The van der Waals surface area contributed by atoms with Crippen molar-refractivity contribution in [2.75, 3.05) is 38.1 Å². The van der Waals surface area contributed by atoms with Gasteiger partial charge < -0.3 is 26.1 Å². The Balaban J connectivity index is 1.13. The Morgan fingerprint density at radius 3 is 2.83 bits per heavy atom. The number of aryl methyl sites for hydroxylation is 1. The standard InChI is InChI=1S/C28H34N8O3S/c1-18-22(13-19(15-32-18)24(37)30-9-11-35-10-3-7-28(35)5-2-6-28)34-25(38)21-16-33-36-17-23(40-27(21)36)20(14-29)26-31-8-4-12-39-26/h13-17,29,31H,2-12H2,1H3,(H,30,37)(H,34,38)/b26-20-,29-14?. The summed E-state index contributed by atoms with van der Waals surface area (Å²) in [5.41, 5.74) is 2.89. The smallest absolute Gasteiger partial charge is 0.260 e. The molecule has 1 saturated carbocycles. The Morgan fingerprint density at radius 2 is 2.08 bits per heavy atom. The molecule has 0 unspecified atom stereocenters. The molecule has 0 bridgehead atoms. The highest BCUT2D eigenvalue weighted by atomic mass is 32.1. The van der Waals surface area contributed by atoms with Crippen molar-refractivity contribution in [1.29, 1.82) is 5.41 Å². The molecule has 3 fully saturated rings. The lowest BCUT2D eigenvalue weighted by atomic mass is 9.75. The normalized spacial score (nSPS) is 19.5. The van der Waals surface area contributed by atoms with E-state index >= 15 is 0 Å². The highest BCUT2D eigenvalue weighted by Gasteiger charge is 2.44. The molecular weight excluding hydrogens is 528 g/mol. The summed E-state index contributed by atoms with van der Waals surface area (Å²) in [6.07, 6.45) is 13.4. The molecule has 0 radical (unpaired) electrons. The van der Waals surface area contributed by atoms with Crippen LogP contribution >= 0.6 is 11.3 Å². The maximum atomic E-state index is 13.3. The van der Waals surface area contributed by atoms with Gasteiger partial charge in [0.25, 0.3) is 11.8 Å². The number of likely N-dealkylation sites (tertiary alicyclic amines) is 1. The zero-order chi connectivity index (χ0) is 27.7. The summed E-state index contributed by atoms with van der Waals surface area (Å²) < 4.78 is 7.33. The predicted octanol–water partition coefficient (Wildman–Crippen LogP) is 3.43. The molecule has 0 atom stereocenters. The maximum Gasteiger partial charge on any atom is 0.260 e. The van der Waals surface area contributed by atoms with Crippen LogP contribution in [0.2, 0.25) is 0 Å². The van der Waals surface area contributed by atoms with E-state index in [0.717, 1.165) is 30.9 Å². The van der Waals surface area contributed by atoms with Gasteiger partial charge in [-0.2, -0.15) is 5.10 Å². The second-order valence-electron chi connectivity index (χ2n) is 10.7. The molecule has 2 amide bonds. The SMILES string of the molecule is Cc1ncc(C(=O)NCCN2CCCC23CCC3)cc1NC(=O)c1cnn2cc(/C(C=N)=C3/NCCCO3)sc12. The van der Waals surface area contributed by atoms with Gasteiger partial charge >= 0.3 is 0 Å². The van der Waals surface area contributed by atoms with E-state index in [-0.39, 0.29) is 11.8 Å². The summed E-state index contributed by atoms with van der Waals surface area (Å²) in [5, 5.41) is 21.4. The second kappa shape index (κ2) is 11.0. The molecule has 40 heavy (non-hydrogen) atoms. The van der Waals surface area contributed by atoms with E-state index < -0.39 is 0 Å². The number of hydrogen-bond acceptors (Lipinski definition) is 9. The quantitative estimate of drug-likeness (QED) is 0.309. The van der Waals surface area contributed by atoms with Crippen molar-refractivity contribution in [1.82, 2.24) is 30.1 Å². The van der Waals surface area contributed by atoms with Crippen LogP contribution in [-0.4, -0.2) is 75.9 Å². The van der Waals surface area contributed by atoms with Gasteiger partial charge in [0.2, 0.25) is 0 Å². The third-order valence-corrected chi connectivity index (χ3v) is 9.38. The Morgan fingerprint density at radius 1 is 1.23 bits per heavy atom. The number of pyridine rings is 1. The van der Waals surface area contributed by atoms with Crippen molar-refractivity contribution in [2.45, 2.75) is 51.0 Å². The molecule has 0 aromatic carbocycles. The lowest BCUT2D eigenvalue weighted by Gasteiger charge is -2.46. The fraction of sp³-hybridized carbons (Fsp3) is 0.464. The van der Waals surface area contributed by atoms with Crippen molar-refractivity contribution in [2.24, 2.45) is 0 Å². The second-order valence-corrected chi connectivity index (χ2v) is 11.7. The number of anilines is 1. The van der Waals surface area contributed by atoms with Gasteiger partial charge in [-0.1, -0.05) is 0 Å². The number of nitrogens with one attached hydrogen (secondary N) is 4. The highest BCUT2D eigenvalue weighted by Crippen LogP contribution is 2.45. The van der Waals surface area contributed by atoms with Crippen LogP contribution in [0.15, 0.2) is 30.5 Å². The third kappa shape index (κ3) is 4.97. The lowest BCUT2D eigenvalue weighted by Crippen LogP contribution is -2.51. The minimum absolute atomic E-state index is 0.202. The number of amides is 2. The van der Waals surface area contributed by atoms with Crippen LogP contribution in [0, 0.1) is 12.3 Å². The number of ether oxygens (including phenoxy) is 1. The van der Waals surface area contributed by atoms with E-state index in [9.17, 15) is 9.59 Å². The molecule has 5 heterocycles. The molecule has 11 nitrogen and oxygen atoms in total. The number of fused-ring (bicyclic) bond motifs is 1. The van der Waals surface area contributed by atoms with Crippen LogP contribution in [0.25, 0.3) is 10.4 Å². The molecule has 3 aromatic rings. The molecular formula is C28H34N8O3S. The lowest BCUT2D eigenvalue weighted by molar-refractivity contribution is 0.0561. The monoisotopic (exact) mass is 562 g/mol. The van der Waals surface area contributed by atoms with E-state index in [4.69, 9.17) is 10.1 Å². The van der Waals surface area contributed by atoms with Crippen molar-refractivity contribution < 1.29 is 14.3 Å². The van der Waals surface area contributed by atoms with E-state index in [2.05, 4.69) is 30.9 Å². The van der Waals surface area contributed by atoms with E-state index in [0.29, 0.717) is 57.5 Å². The molecule has 210 valence electrons. The number of carbonyl (C=O) groups is 2. The molecule has 3 aromatic heterocycles. The van der Waals surface area contributed by atoms with Crippen LogP contribution in [0.4, 0.5) is 5.69 Å². The summed E-state index contributed by atoms with van der Waals surface area (Å²) in [6, 6.07) is 1.67. The number of allylic oxidation sites excluding steroid dienone is 1. The van der Waals surface area contributed by atoms with E-state index in [1.807, 2.05) is 0 Å². The summed E-state index contributed by atoms with van der Waals surface area (Å²) in [4.78, 5) is 34.5. The molecule has 2 saturated heterocycles. The van der Waals surface area contributed by atoms with Gasteiger partial charge in [-0.15, -0.1) is 11.3 Å². The van der Waals surface area contributed by atoms with E-state index in [1.54, 1.807) is 29.9 Å². The first-order valence-corrected chi connectivity index (χ1v) is 14.7. The van der Waals surface area contributed by atoms with Gasteiger partial charge in [-0.05, 0) is 58.1 Å². The summed E-state index contributed by atoms with van der Waals surface area (Å²) in [7, 11) is 0. The molecule has 2 aliphatic heterocycles. The molecule has 3 aliphatic rings. The maximum absolute atomic E-state index is 13.3.